The van der Waals surface area contributed by atoms with Crippen LogP contribution in [0.2, 0.25) is 0 Å². The number of methoxy groups -OCH3 is 2. The molecule has 210 valence electrons. The number of ether oxygens (including phenoxy) is 3. The van der Waals surface area contributed by atoms with E-state index in [9.17, 15) is 4.39 Å². The Morgan fingerprint density at radius 3 is 1.71 bits per heavy atom. The van der Waals surface area contributed by atoms with Crippen molar-refractivity contribution in [2.24, 2.45) is 0 Å². The van der Waals surface area contributed by atoms with Crippen molar-refractivity contribution in [2.75, 3.05) is 19.1 Å². The zero-order valence-electron chi connectivity index (χ0n) is 23.3. The molecule has 6 aromatic rings. The second-order valence-electron chi connectivity index (χ2n) is 9.72. The lowest BCUT2D eigenvalue weighted by Gasteiger charge is -2.25. The third kappa shape index (κ3) is 5.88. The first-order valence-electron chi connectivity index (χ1n) is 13.5. The van der Waals surface area contributed by atoms with E-state index in [2.05, 4.69) is 33.6 Å². The fraction of sp³-hybridized carbons (Fsp3) is 0.118. The Bertz CT molecular complexity index is 1720. The predicted molar refractivity (Wildman–Crippen MR) is 161 cm³/mol. The monoisotopic (exact) mass is 560 g/mol. The molecule has 0 aliphatic heterocycles. The maximum atomic E-state index is 13.3. The summed E-state index contributed by atoms with van der Waals surface area (Å²) in [5, 5.41) is 0. The van der Waals surface area contributed by atoms with Crippen molar-refractivity contribution in [3.05, 3.63) is 132 Å². The van der Waals surface area contributed by atoms with Crippen LogP contribution in [0.3, 0.4) is 0 Å². The molecular formula is C34H29FN4O3. The summed E-state index contributed by atoms with van der Waals surface area (Å²) in [6, 6.07) is 31.7. The number of hydrogen-bond acceptors (Lipinski definition) is 6. The maximum Gasteiger partial charge on any atom is 0.212 e. The number of halogens is 1. The van der Waals surface area contributed by atoms with Crippen LogP contribution < -0.4 is 19.1 Å². The number of benzene rings is 4. The van der Waals surface area contributed by atoms with Gasteiger partial charge in [-0.3, -0.25) is 4.40 Å². The van der Waals surface area contributed by atoms with Crippen LogP contribution in [0.4, 0.5) is 10.3 Å². The summed E-state index contributed by atoms with van der Waals surface area (Å²) in [5.41, 5.74) is 4.07. The lowest BCUT2D eigenvalue weighted by atomic mass is 10.1. The van der Waals surface area contributed by atoms with Crippen molar-refractivity contribution in [3.8, 4) is 34.4 Å². The summed E-state index contributed by atoms with van der Waals surface area (Å²) in [6.07, 6.45) is 3.66. The van der Waals surface area contributed by atoms with Gasteiger partial charge >= 0.3 is 0 Å². The zero-order valence-corrected chi connectivity index (χ0v) is 23.3. The van der Waals surface area contributed by atoms with Gasteiger partial charge in [0.1, 0.15) is 34.6 Å². The van der Waals surface area contributed by atoms with E-state index in [1.807, 2.05) is 67.0 Å². The third-order valence-electron chi connectivity index (χ3n) is 6.93. The largest absolute Gasteiger partial charge is 0.497 e. The lowest BCUT2D eigenvalue weighted by Crippen LogP contribution is -2.25. The fourth-order valence-corrected chi connectivity index (χ4v) is 4.77. The minimum Gasteiger partial charge on any atom is -0.497 e. The van der Waals surface area contributed by atoms with Gasteiger partial charge in [-0.15, -0.1) is 0 Å². The first-order valence-corrected chi connectivity index (χ1v) is 13.5. The van der Waals surface area contributed by atoms with Crippen molar-refractivity contribution in [2.45, 2.75) is 13.1 Å². The summed E-state index contributed by atoms with van der Waals surface area (Å²) in [6.45, 7) is 1.23. The SMILES string of the molecule is COc1ccc(CN(Cc2ccc(OC)cc2)c2nccc3cnc(-c4ccc(Oc5ccc(F)cc5)cc4)n23)cc1. The quantitative estimate of drug-likeness (QED) is 0.172. The fourth-order valence-electron chi connectivity index (χ4n) is 4.77. The van der Waals surface area contributed by atoms with Gasteiger partial charge in [0, 0.05) is 24.8 Å². The van der Waals surface area contributed by atoms with Crippen molar-refractivity contribution >= 4 is 11.5 Å². The van der Waals surface area contributed by atoms with Crippen molar-refractivity contribution in [1.29, 1.82) is 0 Å². The molecule has 0 radical (unpaired) electrons. The molecule has 0 atom stereocenters. The number of hydrogen-bond donors (Lipinski definition) is 0. The van der Waals surface area contributed by atoms with Gasteiger partial charge in [0.2, 0.25) is 5.95 Å². The second-order valence-corrected chi connectivity index (χ2v) is 9.72. The average Bonchev–Trinajstić information content (AvgIpc) is 3.47. The van der Waals surface area contributed by atoms with Crippen LogP contribution in [0, 0.1) is 5.82 Å². The van der Waals surface area contributed by atoms with E-state index in [-0.39, 0.29) is 5.82 Å². The smallest absolute Gasteiger partial charge is 0.212 e. The molecule has 0 saturated carbocycles. The number of nitrogens with zero attached hydrogens (tertiary/aromatic N) is 4. The molecule has 0 unspecified atom stereocenters. The van der Waals surface area contributed by atoms with Gasteiger partial charge in [0.05, 0.1) is 25.9 Å². The molecule has 0 aliphatic rings. The van der Waals surface area contributed by atoms with Crippen molar-refractivity contribution in [1.82, 2.24) is 14.4 Å². The number of aromatic nitrogens is 3. The van der Waals surface area contributed by atoms with Crippen molar-refractivity contribution in [3.63, 3.8) is 0 Å². The van der Waals surface area contributed by atoms with Crippen LogP contribution in [0.15, 0.2) is 116 Å². The van der Waals surface area contributed by atoms with Gasteiger partial charge in [0.25, 0.3) is 0 Å². The Morgan fingerprint density at radius 2 is 1.17 bits per heavy atom. The highest BCUT2D eigenvalue weighted by Gasteiger charge is 2.18. The standard InChI is InChI=1S/C34H29FN4O3/c1-40-29-11-3-24(4-12-29)22-38(23-25-5-13-30(41-2)14-6-25)34-36-20-19-28-21-37-33(39(28)34)26-7-15-31(16-8-26)42-32-17-9-27(35)10-18-32/h3-21H,22-23H2,1-2H3. The van der Waals surface area contributed by atoms with E-state index in [0.29, 0.717) is 24.6 Å². The molecule has 4 aromatic carbocycles. The highest BCUT2D eigenvalue weighted by Crippen LogP contribution is 2.30. The molecule has 7 nitrogen and oxygen atoms in total. The van der Waals surface area contributed by atoms with Crippen LogP contribution in [-0.4, -0.2) is 28.6 Å². The number of fused-ring (bicyclic) bond motifs is 1. The molecule has 0 bridgehead atoms. The van der Waals surface area contributed by atoms with Gasteiger partial charge in [-0.2, -0.15) is 0 Å². The van der Waals surface area contributed by atoms with E-state index in [4.69, 9.17) is 24.2 Å². The van der Waals surface area contributed by atoms with Gasteiger partial charge in [-0.05, 0) is 90.0 Å². The molecular weight excluding hydrogens is 531 g/mol. The molecule has 8 heteroatoms. The predicted octanol–water partition coefficient (Wildman–Crippen LogP) is 7.55. The van der Waals surface area contributed by atoms with E-state index in [0.717, 1.165) is 45.5 Å². The summed E-state index contributed by atoms with van der Waals surface area (Å²) >= 11 is 0. The molecule has 2 aromatic heterocycles. The van der Waals surface area contributed by atoms with Crippen LogP contribution in [0.1, 0.15) is 11.1 Å². The summed E-state index contributed by atoms with van der Waals surface area (Å²) in [5.74, 6) is 4.05. The Balaban J connectivity index is 1.36. The Morgan fingerprint density at radius 1 is 0.643 bits per heavy atom. The van der Waals surface area contributed by atoms with Crippen LogP contribution in [-0.2, 0) is 13.1 Å². The van der Waals surface area contributed by atoms with Crippen LogP contribution >= 0.6 is 0 Å². The molecule has 0 N–H and O–H groups in total. The Kier molecular flexibility index (Phi) is 7.68. The van der Waals surface area contributed by atoms with Gasteiger partial charge in [0.15, 0.2) is 0 Å². The zero-order chi connectivity index (χ0) is 28.9. The molecule has 2 heterocycles. The minimum absolute atomic E-state index is 0.304. The highest BCUT2D eigenvalue weighted by molar-refractivity contribution is 5.66. The maximum absolute atomic E-state index is 13.3. The molecule has 0 aliphatic carbocycles. The Hall–Kier alpha value is -5.37. The number of anilines is 1. The molecule has 0 spiro atoms. The lowest BCUT2D eigenvalue weighted by molar-refractivity contribution is 0.414. The Labute approximate surface area is 243 Å². The molecule has 0 amide bonds. The molecule has 6 rings (SSSR count). The third-order valence-corrected chi connectivity index (χ3v) is 6.93. The van der Waals surface area contributed by atoms with Crippen LogP contribution in [0.5, 0.6) is 23.0 Å². The van der Waals surface area contributed by atoms with Crippen LogP contribution in [0.25, 0.3) is 16.9 Å². The first kappa shape index (κ1) is 26.8. The molecule has 42 heavy (non-hydrogen) atoms. The summed E-state index contributed by atoms with van der Waals surface area (Å²) in [7, 11) is 3.33. The van der Waals surface area contributed by atoms with E-state index >= 15 is 0 Å². The topological polar surface area (TPSA) is 61.1 Å². The van der Waals surface area contributed by atoms with Gasteiger partial charge in [-0.25, -0.2) is 14.4 Å². The first-order chi connectivity index (χ1) is 20.6. The number of rotatable bonds is 10. The average molecular weight is 561 g/mol. The normalized spacial score (nSPS) is 10.9. The number of imidazole rings is 1. The van der Waals surface area contributed by atoms with Gasteiger partial charge < -0.3 is 19.1 Å². The minimum atomic E-state index is -0.304. The summed E-state index contributed by atoms with van der Waals surface area (Å²) < 4.78 is 32.0. The molecule has 0 saturated heterocycles. The van der Waals surface area contributed by atoms with E-state index in [1.54, 1.807) is 26.4 Å². The highest BCUT2D eigenvalue weighted by atomic mass is 19.1. The second kappa shape index (κ2) is 12.0. The van der Waals surface area contributed by atoms with Crippen molar-refractivity contribution < 1.29 is 18.6 Å². The summed E-state index contributed by atoms with van der Waals surface area (Å²) in [4.78, 5) is 11.9. The van der Waals surface area contributed by atoms with E-state index < -0.39 is 0 Å². The van der Waals surface area contributed by atoms with E-state index in [1.165, 1.54) is 12.1 Å². The molecule has 0 fully saturated rings. The van der Waals surface area contributed by atoms with Gasteiger partial charge in [-0.1, -0.05) is 24.3 Å².